The van der Waals surface area contributed by atoms with Gasteiger partial charge in [0.05, 0.1) is 16.1 Å². The third-order valence-corrected chi connectivity index (χ3v) is 62.9. The van der Waals surface area contributed by atoms with Gasteiger partial charge in [-0.1, -0.05) is 241 Å². The smallest absolute Gasteiger partial charge is 0.0656 e. The summed E-state index contributed by atoms with van der Waals surface area (Å²) in [5.41, 5.74) is 2.70. The summed E-state index contributed by atoms with van der Waals surface area (Å²) in [5.74, 6) is 0. The van der Waals surface area contributed by atoms with E-state index >= 15 is 0 Å². The fourth-order valence-corrected chi connectivity index (χ4v) is 81.1. The van der Waals surface area contributed by atoms with Crippen molar-refractivity contribution >= 4 is 63.7 Å². The molecule has 12 atom stereocenters. The highest BCUT2D eigenvalue weighted by Gasteiger charge is 3.14. The zero-order valence-electron chi connectivity index (χ0n) is 40.6. The molecule has 0 spiro atoms. The topological polar surface area (TPSA) is 0 Å². The third-order valence-electron chi connectivity index (χ3n) is 16.3. The molecule has 12 unspecified atom stereocenters. The number of hydrogen-bond acceptors (Lipinski definition) is 0. The van der Waals surface area contributed by atoms with Gasteiger partial charge in [0, 0.05) is 28.9 Å². The van der Waals surface area contributed by atoms with Crippen molar-refractivity contribution in [2.75, 3.05) is 0 Å². The minimum Gasteiger partial charge on any atom is -0.0656 e. The summed E-state index contributed by atoms with van der Waals surface area (Å²) in [6.45, 7) is 65.0. The standard InChI is InChI=1S/C47H86P6Si2/c1-36(2,3)42-44(38(7,8)9)50-34(54(19,20)21)32(48(42)46(50,52(42)44)40(13,14)15)30-28-26-25-27-29-31-33-35(55(22,23)24)51-45(39(10,11)12)43(37(4,5)6)49(33)47(51,53(43)45)41(16,17)18/h25-31H2,1-24H3. The molecule has 0 saturated carbocycles. The molecule has 0 N–H and O–H groups in total. The average molecular weight is 893 g/mol. The fourth-order valence-electron chi connectivity index (χ4n) is 15.7. The van der Waals surface area contributed by atoms with Crippen LogP contribution in [-0.4, -0.2) is 45.0 Å². The van der Waals surface area contributed by atoms with Gasteiger partial charge in [-0.15, -0.1) is 0 Å². The van der Waals surface area contributed by atoms with Gasteiger partial charge >= 0.3 is 0 Å². The molecule has 0 radical (unpaired) electrons. The molecule has 0 bridgehead atoms. The van der Waals surface area contributed by atoms with Crippen LogP contribution in [0.3, 0.4) is 0 Å². The largest absolute Gasteiger partial charge is 0.0787 e. The summed E-state index contributed by atoms with van der Waals surface area (Å²) >= 11 is 0. The van der Waals surface area contributed by atoms with Crippen LogP contribution in [0.15, 0.2) is 20.5 Å². The summed E-state index contributed by atoms with van der Waals surface area (Å²) in [7, 11) is -2.76. The Morgan fingerprint density at radius 3 is 0.800 bits per heavy atom. The Bertz CT molecular complexity index is 1660. The molecule has 8 aliphatic heterocycles. The minimum absolute atomic E-state index is 0.0297. The van der Waals surface area contributed by atoms with Crippen LogP contribution in [0.25, 0.3) is 0 Å². The molecular weight excluding hydrogens is 807 g/mol. The molecule has 0 nitrogen and oxygen atoms in total. The van der Waals surface area contributed by atoms with Crippen molar-refractivity contribution in [3.05, 3.63) is 20.5 Å². The SMILES string of the molecule is CC(C)(C)C12P3C(CCCCCCCC4=C([Si](C)(C)C)P5C6(C(C)(C)C)P4C4(C(C)(C)C)P6C54C(C)(C)C)=C([Si](C)(C)C)P1C1(C(C)(C)C)P2C31C(C)(C)C. The van der Waals surface area contributed by atoms with Crippen molar-refractivity contribution in [2.45, 2.75) is 238 Å². The molecular formula is C47H86P6Si2. The number of rotatable bonds is 10. The molecule has 8 rings (SSSR count). The Hall–Kier alpha value is 2.49. The van der Waals surface area contributed by atoms with Crippen LogP contribution in [0.1, 0.15) is 170 Å². The molecule has 0 aromatic rings. The van der Waals surface area contributed by atoms with E-state index in [-0.39, 0.29) is 47.5 Å². The Labute approximate surface area is 352 Å². The predicted molar refractivity (Wildman–Crippen MR) is 268 cm³/mol. The second kappa shape index (κ2) is 11.4. The highest BCUT2D eigenvalue weighted by atomic mass is 31.3. The van der Waals surface area contributed by atoms with E-state index in [0.29, 0.717) is 61.4 Å². The van der Waals surface area contributed by atoms with Crippen LogP contribution < -0.4 is 0 Å². The second-order valence-electron chi connectivity index (χ2n) is 27.8. The lowest BCUT2D eigenvalue weighted by Crippen LogP contribution is -2.47. The number of hydrogen-bond donors (Lipinski definition) is 0. The minimum atomic E-state index is -1.43. The van der Waals surface area contributed by atoms with E-state index in [1.54, 1.807) is 0 Å². The van der Waals surface area contributed by atoms with Crippen LogP contribution in [0.5, 0.6) is 0 Å². The van der Waals surface area contributed by atoms with Gasteiger partial charge in [0.25, 0.3) is 0 Å². The molecule has 8 aliphatic rings. The lowest BCUT2D eigenvalue weighted by Gasteiger charge is -2.66. The summed E-state index contributed by atoms with van der Waals surface area (Å²) in [4.78, 5) is 7.10. The fraction of sp³-hybridized carbons (Fsp3) is 0.915. The van der Waals surface area contributed by atoms with Crippen LogP contribution in [0.4, 0.5) is 0 Å². The first-order valence-electron chi connectivity index (χ1n) is 22.7. The summed E-state index contributed by atoms with van der Waals surface area (Å²) in [6, 6.07) is 0. The van der Waals surface area contributed by atoms with Crippen LogP contribution >= 0.6 is 47.5 Å². The zero-order chi connectivity index (χ0) is 41.7. The molecule has 0 aliphatic carbocycles. The molecule has 312 valence electrons. The maximum absolute atomic E-state index is 2.76. The first-order valence-corrected chi connectivity index (χ1v) is 37.8. The summed E-state index contributed by atoms with van der Waals surface area (Å²) in [6.07, 6.45) is 10.2. The summed E-state index contributed by atoms with van der Waals surface area (Å²) in [5, 5.41) is 4.30. The predicted octanol–water partition coefficient (Wildman–Crippen LogP) is 19.3. The molecule has 6 fully saturated rings. The highest BCUT2D eigenvalue weighted by Crippen LogP contribution is 3.39. The molecule has 0 aromatic carbocycles. The number of fused-ring (bicyclic) bond motifs is 6. The molecule has 8 heterocycles. The van der Waals surface area contributed by atoms with Gasteiger partial charge in [0.1, 0.15) is 0 Å². The second-order valence-corrected chi connectivity index (χ2v) is 57.6. The van der Waals surface area contributed by atoms with Gasteiger partial charge in [-0.2, -0.15) is 0 Å². The molecule has 8 heteroatoms. The number of unbranched alkanes of at least 4 members (excludes halogenated alkanes) is 4. The van der Waals surface area contributed by atoms with Gasteiger partial charge < -0.3 is 0 Å². The van der Waals surface area contributed by atoms with E-state index < -0.39 is 16.1 Å². The maximum atomic E-state index is 2.76. The third kappa shape index (κ3) is 4.17. The first-order chi connectivity index (χ1) is 24.4. The van der Waals surface area contributed by atoms with Gasteiger partial charge in [-0.05, 0) is 68.8 Å². The molecule has 6 saturated heterocycles. The van der Waals surface area contributed by atoms with Gasteiger partial charge in [0.2, 0.25) is 0 Å². The maximum Gasteiger partial charge on any atom is 0.0787 e. The van der Waals surface area contributed by atoms with Crippen molar-refractivity contribution in [1.29, 1.82) is 0 Å². The normalized spacial score (nSPS) is 45.2. The van der Waals surface area contributed by atoms with Gasteiger partial charge in [-0.25, -0.2) is 0 Å². The lowest BCUT2D eigenvalue weighted by atomic mass is 9.80. The van der Waals surface area contributed by atoms with E-state index in [4.69, 9.17) is 0 Å². The van der Waals surface area contributed by atoms with Gasteiger partial charge in [0.15, 0.2) is 0 Å². The molecule has 0 amide bonds. The average Bonchev–Trinajstić information content (AvgIpc) is 3.39. The molecule has 0 aromatic heterocycles. The van der Waals surface area contributed by atoms with E-state index in [0.717, 1.165) is 0 Å². The zero-order valence-corrected chi connectivity index (χ0v) is 48.0. The Balaban J connectivity index is 1.01. The van der Waals surface area contributed by atoms with Gasteiger partial charge in [-0.3, -0.25) is 0 Å². The van der Waals surface area contributed by atoms with Crippen molar-refractivity contribution in [3.8, 4) is 0 Å². The highest BCUT2D eigenvalue weighted by molar-refractivity contribution is 8.29. The van der Waals surface area contributed by atoms with E-state index in [1.165, 1.54) is 44.9 Å². The van der Waals surface area contributed by atoms with E-state index in [9.17, 15) is 0 Å². The Morgan fingerprint density at radius 2 is 0.582 bits per heavy atom. The first kappa shape index (κ1) is 44.1. The Morgan fingerprint density at radius 1 is 0.345 bits per heavy atom. The van der Waals surface area contributed by atoms with Crippen LogP contribution in [0.2, 0.25) is 39.3 Å². The van der Waals surface area contributed by atoms with Crippen LogP contribution in [0, 0.1) is 32.5 Å². The van der Waals surface area contributed by atoms with Crippen molar-refractivity contribution in [2.24, 2.45) is 32.5 Å². The number of allylic oxidation sites excluding steroid dienone is 2. The van der Waals surface area contributed by atoms with Crippen LogP contribution in [-0.2, 0) is 0 Å². The monoisotopic (exact) mass is 892 g/mol. The van der Waals surface area contributed by atoms with Crippen molar-refractivity contribution in [3.63, 3.8) is 0 Å². The Kier molecular flexibility index (Phi) is 9.15. The summed E-state index contributed by atoms with van der Waals surface area (Å²) < 4.78 is 1.43. The molecule has 55 heavy (non-hydrogen) atoms. The lowest BCUT2D eigenvalue weighted by molar-refractivity contribution is 0.294. The van der Waals surface area contributed by atoms with E-state index in [1.807, 2.05) is 0 Å². The van der Waals surface area contributed by atoms with E-state index in [2.05, 4.69) is 184 Å². The quantitative estimate of drug-likeness (QED) is 0.116. The van der Waals surface area contributed by atoms with Crippen molar-refractivity contribution in [1.82, 2.24) is 0 Å². The van der Waals surface area contributed by atoms with Crippen molar-refractivity contribution < 1.29 is 0 Å².